The van der Waals surface area contributed by atoms with Crippen LogP contribution in [0.4, 0.5) is 8.78 Å². The van der Waals surface area contributed by atoms with Gasteiger partial charge in [-0.15, -0.1) is 0 Å². The quantitative estimate of drug-likeness (QED) is 0.0153. The fourth-order valence-electron chi connectivity index (χ4n) is 6.74. The van der Waals surface area contributed by atoms with E-state index >= 15 is 0 Å². The summed E-state index contributed by atoms with van der Waals surface area (Å²) in [5, 5.41) is 36.6. The van der Waals surface area contributed by atoms with Crippen LogP contribution < -0.4 is 26.5 Å². The van der Waals surface area contributed by atoms with Crippen LogP contribution in [0.5, 0.6) is 11.8 Å². The molecule has 2 aromatic heterocycles. The van der Waals surface area contributed by atoms with Gasteiger partial charge in [-0.2, -0.15) is 0 Å². The molecule has 0 bridgehead atoms. The Morgan fingerprint density at radius 1 is 0.682 bits per heavy atom. The van der Waals surface area contributed by atoms with Crippen LogP contribution in [0.15, 0.2) is 106 Å². The Labute approximate surface area is 496 Å². The first kappa shape index (κ1) is 70.7. The van der Waals surface area contributed by atoms with E-state index in [-0.39, 0.29) is 74.8 Å². The van der Waals surface area contributed by atoms with Crippen LogP contribution in [0.2, 0.25) is 10.0 Å². The van der Waals surface area contributed by atoms with E-state index in [0.717, 1.165) is 5.56 Å². The molecule has 0 saturated carbocycles. The molecule has 0 spiro atoms. The summed E-state index contributed by atoms with van der Waals surface area (Å²) in [6, 6.07) is 25.0. The van der Waals surface area contributed by atoms with Crippen LogP contribution >= 0.6 is 23.2 Å². The highest BCUT2D eigenvalue weighted by Gasteiger charge is 2.29. The lowest BCUT2D eigenvalue weighted by molar-refractivity contribution is -0.168. The van der Waals surface area contributed by atoms with Crippen LogP contribution in [0.3, 0.4) is 0 Å². The van der Waals surface area contributed by atoms with E-state index < -0.39 is 71.9 Å². The average Bonchev–Trinajstić information content (AvgIpc) is 4.24. The number of carbonyl (C=O) groups is 7. The predicted molar refractivity (Wildman–Crippen MR) is 300 cm³/mol. The van der Waals surface area contributed by atoms with Crippen molar-refractivity contribution in [1.29, 1.82) is 0 Å². The van der Waals surface area contributed by atoms with Gasteiger partial charge in [0.15, 0.2) is 6.10 Å². The van der Waals surface area contributed by atoms with Crippen LogP contribution in [0.25, 0.3) is 22.3 Å². The van der Waals surface area contributed by atoms with E-state index in [1.54, 1.807) is 89.2 Å². The molecule has 25 nitrogen and oxygen atoms in total. The summed E-state index contributed by atoms with van der Waals surface area (Å²) in [5.41, 5.74) is 10.9. The number of amides is 1. The number of aromatic nitrogens is 2. The van der Waals surface area contributed by atoms with E-state index in [0.29, 0.717) is 44.4 Å². The molecule has 8 N–H and O–H groups in total. The smallest absolute Gasteiger partial charge is 0.374 e. The number of carbonyl (C=O) groups excluding carboxylic acids is 5. The van der Waals surface area contributed by atoms with Crippen LogP contribution in [-0.4, -0.2) is 142 Å². The number of halogens is 4. The van der Waals surface area contributed by atoms with Gasteiger partial charge in [0, 0.05) is 34.3 Å². The number of carboxylic acids is 2. The minimum absolute atomic E-state index is 0.0429. The number of benzene rings is 4. The number of aliphatic carboxylic acids is 1. The SMILES string of the molecule is CC(C)(C)OC(=O)CCC(=O)O.CCOC(=O)[C@@H](CN(Cc1ccc(-c2cc(Cl)ccc2F)cc1)NC(=O)c1cc(OC)no1)OC(=O)CN.CCOC(=O)[C@H](O)CN(N)Cc1ccc(-c2cc(Cl)ccc2F)cc1.COc1cc(C(=O)O)on1. The molecule has 6 aromatic rings. The molecule has 1 amide bonds. The highest BCUT2D eigenvalue weighted by molar-refractivity contribution is 6.31. The number of aliphatic hydroxyl groups excluding tert-OH is 1. The van der Waals surface area contributed by atoms with E-state index in [1.165, 1.54) is 66.7 Å². The third-order valence-electron chi connectivity index (χ3n) is 10.5. The van der Waals surface area contributed by atoms with Crippen molar-refractivity contribution >= 4 is 64.9 Å². The molecule has 0 aliphatic carbocycles. The number of hydrazine groups is 2. The number of nitrogens with two attached hydrogens (primary N) is 2. The molecule has 85 heavy (non-hydrogen) atoms. The Morgan fingerprint density at radius 2 is 1.16 bits per heavy atom. The number of nitrogens with one attached hydrogen (secondary N) is 1. The van der Waals surface area contributed by atoms with Gasteiger partial charge in [-0.1, -0.05) is 71.7 Å². The lowest BCUT2D eigenvalue weighted by Gasteiger charge is -2.26. The van der Waals surface area contributed by atoms with Gasteiger partial charge in [0.2, 0.25) is 17.6 Å². The first-order valence-corrected chi connectivity index (χ1v) is 26.2. The Bertz CT molecular complexity index is 3140. The summed E-state index contributed by atoms with van der Waals surface area (Å²) in [4.78, 5) is 79.6. The average molecular weight is 1230 g/mol. The summed E-state index contributed by atoms with van der Waals surface area (Å²) >= 11 is 11.9. The topological polar surface area (TPSA) is 358 Å². The Morgan fingerprint density at radius 3 is 1.60 bits per heavy atom. The van der Waals surface area contributed by atoms with Crippen molar-refractivity contribution < 1.29 is 95.1 Å². The second-order valence-electron chi connectivity index (χ2n) is 18.3. The summed E-state index contributed by atoms with van der Waals surface area (Å²) < 4.78 is 66.8. The number of ether oxygens (including phenoxy) is 6. The zero-order valence-electron chi connectivity index (χ0n) is 47.2. The van der Waals surface area contributed by atoms with E-state index in [9.17, 15) is 47.4 Å². The zero-order valence-corrected chi connectivity index (χ0v) is 48.7. The lowest BCUT2D eigenvalue weighted by atomic mass is 10.0. The van der Waals surface area contributed by atoms with Crippen LogP contribution in [0.1, 0.15) is 79.7 Å². The molecule has 0 unspecified atom stereocenters. The zero-order chi connectivity index (χ0) is 63.4. The number of carboxylic acid groups (broad SMARTS) is 2. The molecular formula is C56H65Cl2F2N7O18. The molecule has 29 heteroatoms. The molecule has 0 radical (unpaired) electrons. The van der Waals surface area contributed by atoms with E-state index in [1.807, 2.05) is 0 Å². The van der Waals surface area contributed by atoms with Gasteiger partial charge in [-0.3, -0.25) is 30.4 Å². The van der Waals surface area contributed by atoms with E-state index in [4.69, 9.17) is 73.2 Å². The highest BCUT2D eigenvalue weighted by atomic mass is 35.5. The minimum atomic E-state index is -1.39. The monoisotopic (exact) mass is 1230 g/mol. The number of rotatable bonds is 24. The third-order valence-corrected chi connectivity index (χ3v) is 11.0. The van der Waals surface area contributed by atoms with Crippen LogP contribution in [-0.2, 0) is 56.0 Å². The van der Waals surface area contributed by atoms with Crippen molar-refractivity contribution in [2.75, 3.05) is 47.1 Å². The molecule has 6 rings (SSSR count). The molecule has 0 fully saturated rings. The first-order chi connectivity index (χ1) is 40.2. The van der Waals surface area contributed by atoms with Crippen molar-refractivity contribution in [3.8, 4) is 34.0 Å². The second-order valence-corrected chi connectivity index (χ2v) is 19.2. The minimum Gasteiger partial charge on any atom is -0.481 e. The first-order valence-electron chi connectivity index (χ1n) is 25.4. The van der Waals surface area contributed by atoms with Crippen molar-refractivity contribution in [2.45, 2.75) is 78.4 Å². The number of methoxy groups -OCH3 is 2. The molecule has 2 heterocycles. The molecule has 2 atom stereocenters. The summed E-state index contributed by atoms with van der Waals surface area (Å²) in [6.07, 6.45) is -2.93. The molecule has 4 aromatic carbocycles. The summed E-state index contributed by atoms with van der Waals surface area (Å²) in [7, 11) is 2.74. The molecule has 0 aliphatic rings. The number of aromatic carboxylic acids is 1. The van der Waals surface area contributed by atoms with Crippen molar-refractivity contribution in [2.24, 2.45) is 11.6 Å². The van der Waals surface area contributed by atoms with Crippen LogP contribution in [0, 0.1) is 11.6 Å². The number of hydrogen-bond acceptors (Lipinski definition) is 22. The fourth-order valence-corrected chi connectivity index (χ4v) is 7.09. The molecule has 0 saturated heterocycles. The number of aliphatic hydroxyl groups is 1. The largest absolute Gasteiger partial charge is 0.481 e. The standard InChI is InChI=1S/C25H26ClFN4O7.C18H20ClFN2O3.C8H14O4.C5H5NO4/c1-3-36-25(34)21(37-23(32)12-28)14-31(29-24(33)20-11-22(35-2)30-38-20)13-15-4-6-16(7-5-15)18-10-17(26)8-9-19(18)27;1-2-25-18(24)17(23)11-22(21)10-12-3-5-13(6-4-12)15-9-14(19)7-8-16(15)20;1-8(2,3)12-7(11)5-4-6(9)10;1-9-4-2-3(5(7)8)10-6-4/h4-11,21H,3,12-14,28H2,1-2H3,(H,29,33);3-9,17,23H,2,10-11,21H2,1H3;4-5H2,1-3H3,(H,9,10);2H,1H3,(H,7,8)/t21-;17-;;/m11../s1. The third kappa shape index (κ3) is 25.9. The maximum atomic E-state index is 14.3. The summed E-state index contributed by atoms with van der Waals surface area (Å²) in [5.74, 6) is -0.761. The van der Waals surface area contributed by atoms with Gasteiger partial charge in [-0.05, 0) is 104 Å². The number of nitrogens with zero attached hydrogens (tertiary/aromatic N) is 4. The summed E-state index contributed by atoms with van der Waals surface area (Å²) in [6.45, 7) is 8.29. The fraction of sp³-hybridized carbons (Fsp3) is 0.339. The normalized spacial score (nSPS) is 11.4. The van der Waals surface area contributed by atoms with Gasteiger partial charge in [0.25, 0.3) is 11.8 Å². The molecular weight excluding hydrogens is 1170 g/mol. The van der Waals surface area contributed by atoms with Crippen molar-refractivity contribution in [1.82, 2.24) is 25.8 Å². The van der Waals surface area contributed by atoms with Gasteiger partial charge in [0.05, 0.1) is 72.0 Å². The number of hydrogen-bond donors (Lipinski definition) is 6. The number of esters is 4. The van der Waals surface area contributed by atoms with Gasteiger partial charge in [0.1, 0.15) is 17.2 Å². The molecule has 460 valence electrons. The Balaban J connectivity index is 0.000000341. The van der Waals surface area contributed by atoms with Gasteiger partial charge < -0.3 is 58.5 Å². The van der Waals surface area contributed by atoms with Gasteiger partial charge >= 0.3 is 41.7 Å². The Hall–Kier alpha value is -8.57. The van der Waals surface area contributed by atoms with Crippen molar-refractivity contribution in [3.05, 3.63) is 141 Å². The predicted octanol–water partition coefficient (Wildman–Crippen LogP) is 7.04. The second kappa shape index (κ2) is 35.5. The maximum absolute atomic E-state index is 14.3. The van der Waals surface area contributed by atoms with E-state index in [2.05, 4.69) is 25.0 Å². The maximum Gasteiger partial charge on any atom is 0.374 e. The van der Waals surface area contributed by atoms with Crippen molar-refractivity contribution in [3.63, 3.8) is 0 Å². The molecule has 0 aliphatic heterocycles. The Kier molecular flexibility index (Phi) is 29.6. The highest BCUT2D eigenvalue weighted by Crippen LogP contribution is 2.28. The lowest BCUT2D eigenvalue weighted by Crippen LogP contribution is -2.49. The van der Waals surface area contributed by atoms with Gasteiger partial charge in [-0.25, -0.2) is 33.2 Å².